The van der Waals surface area contributed by atoms with Crippen molar-refractivity contribution in [1.29, 1.82) is 0 Å². The highest BCUT2D eigenvalue weighted by Crippen LogP contribution is 2.28. The predicted molar refractivity (Wildman–Crippen MR) is 95.3 cm³/mol. The van der Waals surface area contributed by atoms with Crippen LogP contribution in [0.4, 0.5) is 0 Å². The van der Waals surface area contributed by atoms with Crippen LogP contribution < -0.4 is 9.46 Å². The fourth-order valence-corrected chi connectivity index (χ4v) is 4.20. The minimum absolute atomic E-state index is 0.116. The lowest BCUT2D eigenvalue weighted by Crippen LogP contribution is -2.27. The summed E-state index contributed by atoms with van der Waals surface area (Å²) in [6.45, 7) is 5.86. The largest absolute Gasteiger partial charge is 0.495 e. The number of rotatable bonds is 5. The van der Waals surface area contributed by atoms with E-state index in [1.807, 2.05) is 39.0 Å². The Morgan fingerprint density at radius 2 is 1.78 bits per heavy atom. The molecule has 0 aliphatic rings. The summed E-state index contributed by atoms with van der Waals surface area (Å²) in [4.78, 5) is 0.116. The van der Waals surface area contributed by atoms with E-state index in [0.717, 1.165) is 11.1 Å². The Kier molecular flexibility index (Phi) is 5.49. The standard InChI is InChI=1S/C17H20BrNO3S/c1-11-5-6-14(9-12(11)2)13(3)19-23(20,21)17-10-15(18)7-8-16(17)22-4/h5-10,13,19H,1-4H3/t13-/m1/s1. The van der Waals surface area contributed by atoms with Crippen molar-refractivity contribution in [2.45, 2.75) is 31.7 Å². The summed E-state index contributed by atoms with van der Waals surface area (Å²) in [6, 6.07) is 10.5. The molecule has 2 rings (SSSR count). The normalized spacial score (nSPS) is 12.9. The van der Waals surface area contributed by atoms with E-state index in [2.05, 4.69) is 20.7 Å². The molecule has 0 spiro atoms. The summed E-state index contributed by atoms with van der Waals surface area (Å²) in [5, 5.41) is 0. The Bertz CT molecular complexity index is 819. The molecule has 6 heteroatoms. The number of nitrogens with one attached hydrogen (secondary N) is 1. The zero-order valence-corrected chi connectivity index (χ0v) is 16.0. The maximum Gasteiger partial charge on any atom is 0.244 e. The van der Waals surface area contributed by atoms with Crippen LogP contribution in [0.5, 0.6) is 5.75 Å². The Morgan fingerprint density at radius 1 is 1.09 bits per heavy atom. The molecule has 1 atom stereocenters. The van der Waals surface area contributed by atoms with Crippen molar-refractivity contribution in [3.63, 3.8) is 0 Å². The van der Waals surface area contributed by atoms with Crippen LogP contribution in [-0.2, 0) is 10.0 Å². The molecule has 2 aromatic rings. The van der Waals surface area contributed by atoms with Gasteiger partial charge >= 0.3 is 0 Å². The molecule has 124 valence electrons. The van der Waals surface area contributed by atoms with Crippen LogP contribution in [0.25, 0.3) is 0 Å². The number of halogens is 1. The molecular formula is C17H20BrNO3S. The Hall–Kier alpha value is -1.37. The van der Waals surface area contributed by atoms with Crippen molar-refractivity contribution < 1.29 is 13.2 Å². The van der Waals surface area contributed by atoms with E-state index in [1.54, 1.807) is 12.1 Å². The number of ether oxygens (including phenoxy) is 1. The number of methoxy groups -OCH3 is 1. The second kappa shape index (κ2) is 7.03. The first-order chi connectivity index (χ1) is 10.7. The average Bonchev–Trinajstić information content (AvgIpc) is 2.49. The van der Waals surface area contributed by atoms with Crippen molar-refractivity contribution >= 4 is 26.0 Å². The smallest absolute Gasteiger partial charge is 0.244 e. The lowest BCUT2D eigenvalue weighted by atomic mass is 10.0. The lowest BCUT2D eigenvalue weighted by Gasteiger charge is -2.17. The highest BCUT2D eigenvalue weighted by Gasteiger charge is 2.23. The van der Waals surface area contributed by atoms with Crippen LogP contribution in [0.3, 0.4) is 0 Å². The Morgan fingerprint density at radius 3 is 2.39 bits per heavy atom. The summed E-state index contributed by atoms with van der Waals surface area (Å²) in [6.07, 6.45) is 0. The minimum atomic E-state index is -3.70. The summed E-state index contributed by atoms with van der Waals surface area (Å²) in [7, 11) is -2.25. The molecule has 23 heavy (non-hydrogen) atoms. The van der Waals surface area contributed by atoms with Gasteiger partial charge in [0.15, 0.2) is 0 Å². The van der Waals surface area contributed by atoms with E-state index in [9.17, 15) is 8.42 Å². The number of aryl methyl sites for hydroxylation is 2. The molecule has 0 bridgehead atoms. The van der Waals surface area contributed by atoms with Crippen LogP contribution in [0, 0.1) is 13.8 Å². The zero-order valence-electron chi connectivity index (χ0n) is 13.6. The molecule has 0 radical (unpaired) electrons. The number of benzene rings is 2. The quantitative estimate of drug-likeness (QED) is 0.825. The van der Waals surface area contributed by atoms with E-state index in [1.165, 1.54) is 18.7 Å². The van der Waals surface area contributed by atoms with Gasteiger partial charge in [-0.3, -0.25) is 0 Å². The van der Waals surface area contributed by atoms with Gasteiger partial charge in [0.2, 0.25) is 10.0 Å². The topological polar surface area (TPSA) is 55.4 Å². The molecule has 4 nitrogen and oxygen atoms in total. The fraction of sp³-hybridized carbons (Fsp3) is 0.294. The first-order valence-corrected chi connectivity index (χ1v) is 9.45. The second-order valence-electron chi connectivity index (χ2n) is 5.48. The van der Waals surface area contributed by atoms with Crippen LogP contribution in [-0.4, -0.2) is 15.5 Å². The summed E-state index contributed by atoms with van der Waals surface area (Å²) < 4.78 is 33.9. The lowest BCUT2D eigenvalue weighted by molar-refractivity contribution is 0.402. The molecule has 0 unspecified atom stereocenters. The molecule has 0 saturated carbocycles. The van der Waals surface area contributed by atoms with E-state index in [4.69, 9.17) is 4.74 Å². The van der Waals surface area contributed by atoms with Gasteiger partial charge in [-0.05, 0) is 55.7 Å². The molecule has 1 N–H and O–H groups in total. The minimum Gasteiger partial charge on any atom is -0.495 e. The summed E-state index contributed by atoms with van der Waals surface area (Å²) >= 11 is 3.30. The van der Waals surface area contributed by atoms with Gasteiger partial charge in [-0.15, -0.1) is 0 Å². The molecule has 0 heterocycles. The first-order valence-electron chi connectivity index (χ1n) is 7.17. The highest BCUT2D eigenvalue weighted by molar-refractivity contribution is 9.10. The molecule has 0 aliphatic heterocycles. The van der Waals surface area contributed by atoms with Crippen LogP contribution in [0.2, 0.25) is 0 Å². The number of hydrogen-bond donors (Lipinski definition) is 1. The van der Waals surface area contributed by atoms with E-state index >= 15 is 0 Å². The van der Waals surface area contributed by atoms with Crippen LogP contribution in [0.15, 0.2) is 45.8 Å². The van der Waals surface area contributed by atoms with Gasteiger partial charge in [0, 0.05) is 10.5 Å². The number of hydrogen-bond acceptors (Lipinski definition) is 3. The SMILES string of the molecule is COc1ccc(Br)cc1S(=O)(=O)N[C@H](C)c1ccc(C)c(C)c1. The van der Waals surface area contributed by atoms with Gasteiger partial charge in [0.25, 0.3) is 0 Å². The van der Waals surface area contributed by atoms with Crippen LogP contribution in [0.1, 0.15) is 29.7 Å². The van der Waals surface area contributed by atoms with E-state index in [-0.39, 0.29) is 10.9 Å². The molecule has 2 aromatic carbocycles. The van der Waals surface area contributed by atoms with Gasteiger partial charge in [-0.1, -0.05) is 34.1 Å². The van der Waals surface area contributed by atoms with E-state index in [0.29, 0.717) is 10.2 Å². The van der Waals surface area contributed by atoms with Crippen molar-refractivity contribution in [3.05, 3.63) is 57.6 Å². The van der Waals surface area contributed by atoms with Gasteiger partial charge in [0.1, 0.15) is 10.6 Å². The zero-order chi connectivity index (χ0) is 17.2. The monoisotopic (exact) mass is 397 g/mol. The molecule has 0 fully saturated rings. The molecule has 0 amide bonds. The van der Waals surface area contributed by atoms with Crippen LogP contribution >= 0.6 is 15.9 Å². The first kappa shape index (κ1) is 18.0. The van der Waals surface area contributed by atoms with Gasteiger partial charge in [-0.2, -0.15) is 0 Å². The predicted octanol–water partition coefficient (Wildman–Crippen LogP) is 4.11. The van der Waals surface area contributed by atoms with Crippen molar-refractivity contribution in [2.75, 3.05) is 7.11 Å². The summed E-state index contributed by atoms with van der Waals surface area (Å²) in [5.41, 5.74) is 3.23. The van der Waals surface area contributed by atoms with Gasteiger partial charge in [-0.25, -0.2) is 13.1 Å². The third-order valence-electron chi connectivity index (χ3n) is 3.78. The third-order valence-corrected chi connectivity index (χ3v) is 5.83. The second-order valence-corrected chi connectivity index (χ2v) is 8.08. The number of sulfonamides is 1. The molecule has 0 saturated heterocycles. The third kappa shape index (κ3) is 4.13. The van der Waals surface area contributed by atoms with Gasteiger partial charge < -0.3 is 4.74 Å². The van der Waals surface area contributed by atoms with Gasteiger partial charge in [0.05, 0.1) is 7.11 Å². The average molecular weight is 398 g/mol. The fourth-order valence-electron chi connectivity index (χ4n) is 2.26. The Balaban J connectivity index is 2.34. The van der Waals surface area contributed by atoms with E-state index < -0.39 is 10.0 Å². The maximum atomic E-state index is 12.7. The molecular weight excluding hydrogens is 378 g/mol. The highest BCUT2D eigenvalue weighted by atomic mass is 79.9. The molecule has 0 aliphatic carbocycles. The van der Waals surface area contributed by atoms with Crippen molar-refractivity contribution in [1.82, 2.24) is 4.72 Å². The summed E-state index contributed by atoms with van der Waals surface area (Å²) in [5.74, 6) is 0.313. The van der Waals surface area contributed by atoms with Crippen molar-refractivity contribution in [3.8, 4) is 5.75 Å². The Labute approximate surface area is 146 Å². The van der Waals surface area contributed by atoms with Crippen molar-refractivity contribution in [2.24, 2.45) is 0 Å². The molecule has 0 aromatic heterocycles. The maximum absolute atomic E-state index is 12.7.